The molecule has 0 saturated carbocycles. The lowest BCUT2D eigenvalue weighted by atomic mass is 9.88. The predicted molar refractivity (Wildman–Crippen MR) is 104 cm³/mol. The van der Waals surface area contributed by atoms with Crippen molar-refractivity contribution in [1.82, 2.24) is 4.90 Å². The maximum atomic E-state index is 12.5. The van der Waals surface area contributed by atoms with Gasteiger partial charge in [-0.2, -0.15) is 11.8 Å². The van der Waals surface area contributed by atoms with Crippen molar-refractivity contribution in [2.45, 2.75) is 33.1 Å². The number of fused-ring (bicyclic) bond motifs is 1. The van der Waals surface area contributed by atoms with Crippen molar-refractivity contribution in [1.29, 1.82) is 0 Å². The SMILES string of the molecule is CCOC(=O)c1c(NC(=O)CN2CCSCC2)sc2c1CCC(C)C2. The molecule has 1 aromatic heterocycles. The van der Waals surface area contributed by atoms with Crippen molar-refractivity contribution in [3.63, 3.8) is 0 Å². The summed E-state index contributed by atoms with van der Waals surface area (Å²) in [6.45, 7) is 6.67. The van der Waals surface area contributed by atoms with E-state index in [0.29, 0.717) is 29.6 Å². The third kappa shape index (κ3) is 4.57. The van der Waals surface area contributed by atoms with E-state index in [9.17, 15) is 9.59 Å². The van der Waals surface area contributed by atoms with Gasteiger partial charge in [-0.3, -0.25) is 9.69 Å². The molecule has 138 valence electrons. The van der Waals surface area contributed by atoms with E-state index in [0.717, 1.165) is 49.4 Å². The van der Waals surface area contributed by atoms with Gasteiger partial charge in [0.15, 0.2) is 0 Å². The van der Waals surface area contributed by atoms with E-state index in [1.807, 2.05) is 18.7 Å². The molecule has 1 aliphatic heterocycles. The summed E-state index contributed by atoms with van der Waals surface area (Å²) in [5.41, 5.74) is 1.68. The highest BCUT2D eigenvalue weighted by molar-refractivity contribution is 7.99. The number of ether oxygens (including phenoxy) is 1. The standard InChI is InChI=1S/C18H26N2O3S2/c1-3-23-18(22)16-13-5-4-12(2)10-14(13)25-17(16)19-15(21)11-20-6-8-24-9-7-20/h12H,3-11H2,1-2H3,(H,19,21). The Labute approximate surface area is 157 Å². The second kappa shape index (κ2) is 8.56. The maximum Gasteiger partial charge on any atom is 0.341 e. The molecule has 0 bridgehead atoms. The fraction of sp³-hybridized carbons (Fsp3) is 0.667. The Morgan fingerprint density at radius 1 is 1.32 bits per heavy atom. The van der Waals surface area contributed by atoms with E-state index >= 15 is 0 Å². The van der Waals surface area contributed by atoms with Crippen LogP contribution in [-0.2, 0) is 22.4 Å². The van der Waals surface area contributed by atoms with Gasteiger partial charge >= 0.3 is 5.97 Å². The highest BCUT2D eigenvalue weighted by Gasteiger charge is 2.29. The van der Waals surface area contributed by atoms with Gasteiger partial charge in [-0.25, -0.2) is 4.79 Å². The zero-order valence-electron chi connectivity index (χ0n) is 14.9. The first-order valence-electron chi connectivity index (χ1n) is 9.00. The van der Waals surface area contributed by atoms with Crippen LogP contribution in [0, 0.1) is 5.92 Å². The molecule has 5 nitrogen and oxygen atoms in total. The fourth-order valence-electron chi connectivity index (χ4n) is 3.39. The summed E-state index contributed by atoms with van der Waals surface area (Å²) < 4.78 is 5.25. The topological polar surface area (TPSA) is 58.6 Å². The van der Waals surface area contributed by atoms with Crippen LogP contribution in [0.5, 0.6) is 0 Å². The van der Waals surface area contributed by atoms with Crippen LogP contribution < -0.4 is 5.32 Å². The zero-order valence-corrected chi connectivity index (χ0v) is 16.6. The van der Waals surface area contributed by atoms with Gasteiger partial charge in [0.25, 0.3) is 0 Å². The van der Waals surface area contributed by atoms with Crippen molar-refractivity contribution >= 4 is 40.0 Å². The van der Waals surface area contributed by atoms with Gasteiger partial charge in [-0.15, -0.1) is 11.3 Å². The first-order chi connectivity index (χ1) is 12.1. The Hall–Kier alpha value is -1.05. The summed E-state index contributed by atoms with van der Waals surface area (Å²) in [5, 5.41) is 3.67. The smallest absolute Gasteiger partial charge is 0.341 e. The van der Waals surface area contributed by atoms with Gasteiger partial charge in [0.1, 0.15) is 5.00 Å². The van der Waals surface area contributed by atoms with E-state index < -0.39 is 0 Å². The molecule has 0 radical (unpaired) electrons. The number of anilines is 1. The second-order valence-corrected chi connectivity index (χ2v) is 9.04. The summed E-state index contributed by atoms with van der Waals surface area (Å²) in [6, 6.07) is 0. The molecule has 1 unspecified atom stereocenters. The molecule has 2 aliphatic rings. The van der Waals surface area contributed by atoms with Crippen molar-refractivity contribution in [2.75, 3.05) is 43.1 Å². The highest BCUT2D eigenvalue weighted by Crippen LogP contribution is 2.40. The van der Waals surface area contributed by atoms with Crippen LogP contribution in [0.1, 0.15) is 41.1 Å². The van der Waals surface area contributed by atoms with Gasteiger partial charge in [-0.05, 0) is 37.7 Å². The molecule has 1 aromatic rings. The van der Waals surface area contributed by atoms with Crippen molar-refractivity contribution < 1.29 is 14.3 Å². The summed E-state index contributed by atoms with van der Waals surface area (Å²) in [7, 11) is 0. The average Bonchev–Trinajstić information content (AvgIpc) is 2.92. The zero-order chi connectivity index (χ0) is 17.8. The Kier molecular flexibility index (Phi) is 6.41. The van der Waals surface area contributed by atoms with E-state index in [1.165, 1.54) is 4.88 Å². The maximum absolute atomic E-state index is 12.5. The monoisotopic (exact) mass is 382 g/mol. The molecule has 2 heterocycles. The minimum atomic E-state index is -0.306. The quantitative estimate of drug-likeness (QED) is 0.793. The molecule has 3 rings (SSSR count). The van der Waals surface area contributed by atoms with Gasteiger partial charge in [0, 0.05) is 29.5 Å². The van der Waals surface area contributed by atoms with Crippen LogP contribution in [0.25, 0.3) is 0 Å². The Morgan fingerprint density at radius 2 is 2.08 bits per heavy atom. The average molecular weight is 383 g/mol. The van der Waals surface area contributed by atoms with E-state index in [-0.39, 0.29) is 11.9 Å². The van der Waals surface area contributed by atoms with Crippen LogP contribution in [0.15, 0.2) is 0 Å². The van der Waals surface area contributed by atoms with Crippen LogP contribution >= 0.6 is 23.1 Å². The highest BCUT2D eigenvalue weighted by atomic mass is 32.2. The minimum absolute atomic E-state index is 0.0379. The lowest BCUT2D eigenvalue weighted by Crippen LogP contribution is -2.38. The number of amides is 1. The number of hydrogen-bond acceptors (Lipinski definition) is 6. The van der Waals surface area contributed by atoms with Crippen molar-refractivity contribution in [2.24, 2.45) is 5.92 Å². The molecule has 1 N–H and O–H groups in total. The van der Waals surface area contributed by atoms with Gasteiger partial charge in [0.2, 0.25) is 5.91 Å². The molecular formula is C18H26N2O3S2. The Balaban J connectivity index is 1.77. The Bertz CT molecular complexity index is 639. The van der Waals surface area contributed by atoms with E-state index in [2.05, 4.69) is 17.1 Å². The van der Waals surface area contributed by atoms with E-state index in [4.69, 9.17) is 4.74 Å². The van der Waals surface area contributed by atoms with Gasteiger partial charge < -0.3 is 10.1 Å². The Morgan fingerprint density at radius 3 is 2.80 bits per heavy atom. The first kappa shape index (κ1) is 18.7. The molecule has 1 fully saturated rings. The van der Waals surface area contributed by atoms with Crippen LogP contribution in [0.2, 0.25) is 0 Å². The number of nitrogens with zero attached hydrogens (tertiary/aromatic N) is 1. The largest absolute Gasteiger partial charge is 0.462 e. The molecule has 0 spiro atoms. The normalized spacial score (nSPS) is 20.8. The van der Waals surface area contributed by atoms with Crippen molar-refractivity contribution in [3.8, 4) is 0 Å². The molecular weight excluding hydrogens is 356 g/mol. The summed E-state index contributed by atoms with van der Waals surface area (Å²) in [5.74, 6) is 2.43. The number of nitrogens with one attached hydrogen (secondary N) is 1. The summed E-state index contributed by atoms with van der Waals surface area (Å²) in [4.78, 5) is 28.4. The number of rotatable bonds is 5. The van der Waals surface area contributed by atoms with Crippen LogP contribution in [-0.4, -0.2) is 54.5 Å². The van der Waals surface area contributed by atoms with E-state index in [1.54, 1.807) is 11.3 Å². The number of carbonyl (C=O) groups excluding carboxylic acids is 2. The molecule has 1 aliphatic carbocycles. The third-order valence-electron chi connectivity index (χ3n) is 4.72. The number of esters is 1. The third-order valence-corrected chi connectivity index (χ3v) is 6.83. The summed E-state index contributed by atoms with van der Waals surface area (Å²) >= 11 is 3.48. The second-order valence-electron chi connectivity index (χ2n) is 6.71. The van der Waals surface area contributed by atoms with Crippen molar-refractivity contribution in [3.05, 3.63) is 16.0 Å². The molecule has 7 heteroatoms. The predicted octanol–water partition coefficient (Wildman–Crippen LogP) is 3.04. The number of thioether (sulfide) groups is 1. The molecule has 25 heavy (non-hydrogen) atoms. The van der Waals surface area contributed by atoms with Crippen LogP contribution in [0.3, 0.4) is 0 Å². The molecule has 1 amide bonds. The van der Waals surface area contributed by atoms with Crippen LogP contribution in [0.4, 0.5) is 5.00 Å². The van der Waals surface area contributed by atoms with Gasteiger partial charge in [0.05, 0.1) is 18.7 Å². The molecule has 1 saturated heterocycles. The first-order valence-corrected chi connectivity index (χ1v) is 11.0. The summed E-state index contributed by atoms with van der Waals surface area (Å²) in [6.07, 6.45) is 2.95. The number of hydrogen-bond donors (Lipinski definition) is 1. The molecule has 1 atom stereocenters. The fourth-order valence-corrected chi connectivity index (χ4v) is 5.78. The lowest BCUT2D eigenvalue weighted by Gasteiger charge is -2.25. The lowest BCUT2D eigenvalue weighted by molar-refractivity contribution is -0.117. The minimum Gasteiger partial charge on any atom is -0.462 e. The number of thiophene rings is 1. The van der Waals surface area contributed by atoms with Gasteiger partial charge in [-0.1, -0.05) is 6.92 Å². The molecule has 0 aromatic carbocycles. The number of carbonyl (C=O) groups is 2.